The van der Waals surface area contributed by atoms with Gasteiger partial charge < -0.3 is 5.11 Å². The molecular formula is C15H11N3O2. The lowest BCUT2D eigenvalue weighted by Gasteiger charge is -2.08. The topological polar surface area (TPSA) is 68.0 Å². The van der Waals surface area contributed by atoms with Gasteiger partial charge in [0.2, 0.25) is 0 Å². The van der Waals surface area contributed by atoms with Crippen LogP contribution in [0.1, 0.15) is 10.4 Å². The molecule has 0 radical (unpaired) electrons. The Morgan fingerprint density at radius 1 is 1.10 bits per heavy atom. The quantitative estimate of drug-likeness (QED) is 0.790. The molecule has 0 aliphatic carbocycles. The van der Waals surface area contributed by atoms with Crippen molar-refractivity contribution in [2.75, 3.05) is 0 Å². The maximum absolute atomic E-state index is 10.9. The van der Waals surface area contributed by atoms with E-state index in [1.807, 2.05) is 22.9 Å². The Hall–Kier alpha value is -2.95. The molecule has 98 valence electrons. The van der Waals surface area contributed by atoms with E-state index in [-0.39, 0.29) is 5.56 Å². The molecule has 2 heterocycles. The smallest absolute Gasteiger partial charge is 0.335 e. The van der Waals surface area contributed by atoms with E-state index in [0.717, 1.165) is 17.1 Å². The third-order valence-electron chi connectivity index (χ3n) is 2.95. The van der Waals surface area contributed by atoms with Crippen molar-refractivity contribution in [3.05, 3.63) is 66.7 Å². The molecule has 0 amide bonds. The summed E-state index contributed by atoms with van der Waals surface area (Å²) in [5.74, 6) is -0.171. The second-order valence-electron chi connectivity index (χ2n) is 4.21. The average molecular weight is 265 g/mol. The molecule has 3 rings (SSSR count). The van der Waals surface area contributed by atoms with Gasteiger partial charge in [0, 0.05) is 36.0 Å². The third kappa shape index (κ3) is 2.16. The van der Waals surface area contributed by atoms with Crippen LogP contribution in [-0.2, 0) is 0 Å². The molecule has 3 aromatic rings. The first-order valence-corrected chi connectivity index (χ1v) is 6.03. The predicted molar refractivity (Wildman–Crippen MR) is 73.8 cm³/mol. The second-order valence-corrected chi connectivity index (χ2v) is 4.21. The fraction of sp³-hybridized carbons (Fsp3) is 0. The number of hydrogen-bond donors (Lipinski definition) is 1. The molecule has 5 heteroatoms. The van der Waals surface area contributed by atoms with Gasteiger partial charge in [-0.3, -0.25) is 9.55 Å². The van der Waals surface area contributed by atoms with E-state index in [0.29, 0.717) is 0 Å². The summed E-state index contributed by atoms with van der Waals surface area (Å²) in [7, 11) is 0. The summed E-state index contributed by atoms with van der Waals surface area (Å²) >= 11 is 0. The fourth-order valence-corrected chi connectivity index (χ4v) is 1.99. The minimum absolute atomic E-state index is 0.261. The predicted octanol–water partition coefficient (Wildman–Crippen LogP) is 2.63. The van der Waals surface area contributed by atoms with Crippen LogP contribution in [0.15, 0.2) is 61.2 Å². The highest BCUT2D eigenvalue weighted by atomic mass is 16.4. The molecule has 20 heavy (non-hydrogen) atoms. The Kier molecular flexibility index (Phi) is 3.01. The van der Waals surface area contributed by atoms with Crippen LogP contribution in [0.25, 0.3) is 17.1 Å². The number of carboxylic acid groups (broad SMARTS) is 1. The first-order chi connectivity index (χ1) is 9.75. The van der Waals surface area contributed by atoms with Crippen LogP contribution in [0.2, 0.25) is 0 Å². The van der Waals surface area contributed by atoms with Gasteiger partial charge in [-0.2, -0.15) is 0 Å². The normalized spacial score (nSPS) is 10.4. The number of aromatic carboxylic acids is 1. The SMILES string of the molecule is O=C(O)c1ccc(-n2ccnc2-c2cccnc2)cc1. The number of rotatable bonds is 3. The van der Waals surface area contributed by atoms with Crippen molar-refractivity contribution in [1.29, 1.82) is 0 Å². The summed E-state index contributed by atoms with van der Waals surface area (Å²) in [5, 5.41) is 8.91. The van der Waals surface area contributed by atoms with Crippen LogP contribution in [-0.4, -0.2) is 25.6 Å². The van der Waals surface area contributed by atoms with E-state index < -0.39 is 5.97 Å². The zero-order valence-corrected chi connectivity index (χ0v) is 10.5. The molecule has 2 aromatic heterocycles. The van der Waals surface area contributed by atoms with Gasteiger partial charge in [-0.25, -0.2) is 9.78 Å². The number of nitrogens with zero attached hydrogens (tertiary/aromatic N) is 3. The van der Waals surface area contributed by atoms with Crippen molar-refractivity contribution in [1.82, 2.24) is 14.5 Å². The van der Waals surface area contributed by atoms with Gasteiger partial charge in [0.1, 0.15) is 5.82 Å². The fourth-order valence-electron chi connectivity index (χ4n) is 1.99. The van der Waals surface area contributed by atoms with E-state index in [4.69, 9.17) is 5.11 Å². The largest absolute Gasteiger partial charge is 0.478 e. The number of hydrogen-bond acceptors (Lipinski definition) is 3. The molecule has 1 N–H and O–H groups in total. The van der Waals surface area contributed by atoms with Gasteiger partial charge in [0.05, 0.1) is 5.56 Å². The van der Waals surface area contributed by atoms with E-state index in [9.17, 15) is 4.79 Å². The molecule has 0 saturated heterocycles. The van der Waals surface area contributed by atoms with Crippen LogP contribution in [0.5, 0.6) is 0 Å². The van der Waals surface area contributed by atoms with Gasteiger partial charge in [-0.15, -0.1) is 0 Å². The maximum Gasteiger partial charge on any atom is 0.335 e. The van der Waals surface area contributed by atoms with Crippen LogP contribution in [0.4, 0.5) is 0 Å². The van der Waals surface area contributed by atoms with Crippen molar-refractivity contribution < 1.29 is 9.90 Å². The van der Waals surface area contributed by atoms with Crippen LogP contribution < -0.4 is 0 Å². The first-order valence-electron chi connectivity index (χ1n) is 6.03. The molecule has 0 bridgehead atoms. The Bertz CT molecular complexity index is 733. The summed E-state index contributed by atoms with van der Waals surface area (Å²) < 4.78 is 1.89. The Morgan fingerprint density at radius 3 is 2.55 bits per heavy atom. The third-order valence-corrected chi connectivity index (χ3v) is 2.95. The van der Waals surface area contributed by atoms with E-state index in [2.05, 4.69) is 9.97 Å². The molecule has 0 spiro atoms. The van der Waals surface area contributed by atoms with Crippen LogP contribution in [0.3, 0.4) is 0 Å². The number of benzene rings is 1. The average Bonchev–Trinajstić information content (AvgIpc) is 2.97. The minimum atomic E-state index is -0.935. The van der Waals surface area contributed by atoms with Crippen molar-refractivity contribution in [2.24, 2.45) is 0 Å². The standard InChI is InChI=1S/C15H11N3O2/c19-15(20)11-3-5-13(6-4-11)18-9-8-17-14(18)12-2-1-7-16-10-12/h1-10H,(H,19,20). The minimum Gasteiger partial charge on any atom is -0.478 e. The van der Waals surface area contributed by atoms with Gasteiger partial charge in [0.15, 0.2) is 0 Å². The Labute approximate surface area is 115 Å². The van der Waals surface area contributed by atoms with E-state index in [1.54, 1.807) is 42.9 Å². The second kappa shape index (κ2) is 4.97. The summed E-state index contributed by atoms with van der Waals surface area (Å²) in [4.78, 5) is 19.3. The summed E-state index contributed by atoms with van der Waals surface area (Å²) in [6.07, 6.45) is 6.98. The van der Waals surface area contributed by atoms with Gasteiger partial charge in [-0.05, 0) is 36.4 Å². The molecule has 0 aliphatic rings. The molecule has 0 aliphatic heterocycles. The number of pyridine rings is 1. The van der Waals surface area contributed by atoms with Crippen molar-refractivity contribution >= 4 is 5.97 Å². The van der Waals surface area contributed by atoms with Gasteiger partial charge in [-0.1, -0.05) is 0 Å². The summed E-state index contributed by atoms with van der Waals surface area (Å²) in [6.45, 7) is 0. The Balaban J connectivity index is 2.04. The summed E-state index contributed by atoms with van der Waals surface area (Å²) in [5.41, 5.74) is 2.02. The highest BCUT2D eigenvalue weighted by Gasteiger charge is 2.08. The maximum atomic E-state index is 10.9. The van der Waals surface area contributed by atoms with E-state index in [1.165, 1.54) is 0 Å². The molecule has 1 aromatic carbocycles. The van der Waals surface area contributed by atoms with Gasteiger partial charge in [0.25, 0.3) is 0 Å². The van der Waals surface area contributed by atoms with Crippen molar-refractivity contribution in [2.45, 2.75) is 0 Å². The molecule has 5 nitrogen and oxygen atoms in total. The first kappa shape index (κ1) is 12.1. The molecule has 0 saturated carbocycles. The van der Waals surface area contributed by atoms with Crippen molar-refractivity contribution in [3.8, 4) is 17.1 Å². The van der Waals surface area contributed by atoms with Crippen LogP contribution in [0, 0.1) is 0 Å². The lowest BCUT2D eigenvalue weighted by Crippen LogP contribution is -1.99. The molecule has 0 unspecified atom stereocenters. The lowest BCUT2D eigenvalue weighted by molar-refractivity contribution is 0.0697. The number of aromatic nitrogens is 3. The van der Waals surface area contributed by atoms with Gasteiger partial charge >= 0.3 is 5.97 Å². The molecular weight excluding hydrogens is 254 g/mol. The highest BCUT2D eigenvalue weighted by molar-refractivity contribution is 5.87. The molecule has 0 fully saturated rings. The Morgan fingerprint density at radius 2 is 1.90 bits per heavy atom. The lowest BCUT2D eigenvalue weighted by atomic mass is 10.2. The number of imidazole rings is 1. The monoisotopic (exact) mass is 265 g/mol. The zero-order valence-electron chi connectivity index (χ0n) is 10.5. The zero-order chi connectivity index (χ0) is 13.9. The molecule has 0 atom stereocenters. The van der Waals surface area contributed by atoms with E-state index >= 15 is 0 Å². The van der Waals surface area contributed by atoms with Crippen molar-refractivity contribution in [3.63, 3.8) is 0 Å². The van der Waals surface area contributed by atoms with Crippen LogP contribution >= 0.6 is 0 Å². The number of carbonyl (C=O) groups is 1. The highest BCUT2D eigenvalue weighted by Crippen LogP contribution is 2.20. The summed E-state index contributed by atoms with van der Waals surface area (Å²) in [6, 6.07) is 10.4. The number of carboxylic acids is 1.